The van der Waals surface area contributed by atoms with Gasteiger partial charge in [0.25, 0.3) is 0 Å². The van der Waals surface area contributed by atoms with Crippen LogP contribution >= 0.6 is 0 Å². The van der Waals surface area contributed by atoms with E-state index in [0.717, 1.165) is 0 Å². The molecule has 9 heteroatoms. The fourth-order valence-corrected chi connectivity index (χ4v) is 4.22. The Kier molecular flexibility index (Phi) is 8.46. The van der Waals surface area contributed by atoms with Gasteiger partial charge in [-0.05, 0) is 19.8 Å². The summed E-state index contributed by atoms with van der Waals surface area (Å²) in [4.78, 5) is 51.1. The lowest BCUT2D eigenvalue weighted by Crippen LogP contribution is -2.57. The van der Waals surface area contributed by atoms with Crippen LogP contribution < -0.4 is 0 Å². The third-order valence-electron chi connectivity index (χ3n) is 6.51. The first-order valence-corrected chi connectivity index (χ1v) is 11.5. The third-order valence-corrected chi connectivity index (χ3v) is 6.51. The summed E-state index contributed by atoms with van der Waals surface area (Å²) in [6, 6.07) is 0. The number of rotatable bonds is 5. The predicted molar refractivity (Wildman–Crippen MR) is 117 cm³/mol. The van der Waals surface area contributed by atoms with Crippen LogP contribution in [-0.2, 0) is 33.4 Å². The Morgan fingerprint density at radius 1 is 1.21 bits per heavy atom. The Bertz CT molecular complexity index is 800. The number of carbonyl (C=O) groups is 4. The van der Waals surface area contributed by atoms with Crippen LogP contribution in [0.15, 0.2) is 12.2 Å². The van der Waals surface area contributed by atoms with Gasteiger partial charge in [-0.2, -0.15) is 0 Å². The highest BCUT2D eigenvalue weighted by atomic mass is 16.6. The molecule has 9 nitrogen and oxygen atoms in total. The number of ether oxygens (including phenoxy) is 3. The van der Waals surface area contributed by atoms with Gasteiger partial charge in [0, 0.05) is 17.9 Å². The van der Waals surface area contributed by atoms with E-state index in [9.17, 15) is 29.4 Å². The molecule has 1 heterocycles. The van der Waals surface area contributed by atoms with Gasteiger partial charge < -0.3 is 24.4 Å². The molecule has 0 aromatic rings. The van der Waals surface area contributed by atoms with E-state index in [1.807, 2.05) is 0 Å². The second kappa shape index (κ2) is 10.3. The number of aliphatic hydroxyl groups is 2. The van der Waals surface area contributed by atoms with E-state index in [4.69, 9.17) is 14.2 Å². The van der Waals surface area contributed by atoms with Crippen LogP contribution in [0.3, 0.4) is 0 Å². The first-order valence-electron chi connectivity index (χ1n) is 11.5. The predicted octanol–water partition coefficient (Wildman–Crippen LogP) is 1.72. The average Bonchev–Trinajstić information content (AvgIpc) is 3.00. The molecule has 8 atom stereocenters. The molecular weight excluding hydrogens is 432 g/mol. The molecule has 0 aromatic carbocycles. The summed E-state index contributed by atoms with van der Waals surface area (Å²) in [5.41, 5.74) is -1.92. The molecule has 0 aromatic heterocycles. The standard InChI is InChI=1S/C24H36O9/c1-8-12(4)22(28)31-18-16-14(6)23(29)32-19(16)20(33-21(27)11(2)3)24(7,30)10-15(25)9-13(5)17(18)26/h11-13,15-16,18-20,25,30H,6,8-10H2,1-5,7H3/t12-,13+,15+,16-,18+,19-,20+,24+/m1/s1. The van der Waals surface area contributed by atoms with E-state index in [2.05, 4.69) is 6.58 Å². The van der Waals surface area contributed by atoms with Gasteiger partial charge in [-0.15, -0.1) is 0 Å². The fourth-order valence-electron chi connectivity index (χ4n) is 4.22. The van der Waals surface area contributed by atoms with Crippen molar-refractivity contribution in [1.29, 1.82) is 0 Å². The molecule has 0 radical (unpaired) electrons. The van der Waals surface area contributed by atoms with E-state index < -0.39 is 77.4 Å². The van der Waals surface area contributed by atoms with E-state index in [1.54, 1.807) is 34.6 Å². The van der Waals surface area contributed by atoms with E-state index in [-0.39, 0.29) is 18.4 Å². The lowest BCUT2D eigenvalue weighted by Gasteiger charge is -2.41. The van der Waals surface area contributed by atoms with Crippen LogP contribution in [0.1, 0.15) is 60.8 Å². The van der Waals surface area contributed by atoms with Crippen molar-refractivity contribution in [3.63, 3.8) is 0 Å². The van der Waals surface area contributed by atoms with Gasteiger partial charge in [0.2, 0.25) is 0 Å². The van der Waals surface area contributed by atoms with Crippen molar-refractivity contribution in [1.82, 2.24) is 0 Å². The number of ketones is 1. The van der Waals surface area contributed by atoms with Crippen molar-refractivity contribution in [3.05, 3.63) is 12.2 Å². The summed E-state index contributed by atoms with van der Waals surface area (Å²) in [6.45, 7) is 13.4. The molecule has 1 aliphatic heterocycles. The Labute approximate surface area is 194 Å². The fraction of sp³-hybridized carbons (Fsp3) is 0.750. The lowest BCUT2D eigenvalue weighted by molar-refractivity contribution is -0.199. The largest absolute Gasteiger partial charge is 0.455 e. The second-order valence-electron chi connectivity index (χ2n) is 9.85. The lowest BCUT2D eigenvalue weighted by atomic mass is 9.75. The first kappa shape index (κ1) is 27.0. The number of hydrogen-bond donors (Lipinski definition) is 2. The zero-order valence-electron chi connectivity index (χ0n) is 20.2. The molecule has 2 aliphatic rings. The van der Waals surface area contributed by atoms with Gasteiger partial charge in [0.05, 0.1) is 23.9 Å². The van der Waals surface area contributed by atoms with E-state index >= 15 is 0 Å². The number of hydrogen-bond acceptors (Lipinski definition) is 9. The molecular formula is C24H36O9. The summed E-state index contributed by atoms with van der Waals surface area (Å²) < 4.78 is 16.6. The number of esters is 3. The molecule has 2 N–H and O–H groups in total. The van der Waals surface area contributed by atoms with Crippen LogP contribution in [0.25, 0.3) is 0 Å². The highest BCUT2D eigenvalue weighted by molar-refractivity contribution is 5.95. The number of aliphatic hydroxyl groups excluding tert-OH is 1. The van der Waals surface area contributed by atoms with Crippen LogP contribution in [0, 0.1) is 23.7 Å². The van der Waals surface area contributed by atoms with E-state index in [1.165, 1.54) is 6.92 Å². The Hall–Kier alpha value is -2.26. The number of Topliss-reactive ketones (excluding diaryl/α,β-unsaturated/α-hetero) is 1. The SMILES string of the molecule is C=C1C(=O)O[C@@H]2[C@H]1[C@H](OC(=O)[C@H](C)CC)C(=O)[C@@H](C)C[C@H](O)C[C@](C)(O)[C@H]2OC(=O)C(C)C. The maximum atomic E-state index is 13.4. The van der Waals surface area contributed by atoms with Crippen LogP contribution in [0.5, 0.6) is 0 Å². The van der Waals surface area contributed by atoms with Crippen molar-refractivity contribution in [3.8, 4) is 0 Å². The van der Waals surface area contributed by atoms with Crippen molar-refractivity contribution in [2.24, 2.45) is 23.7 Å². The van der Waals surface area contributed by atoms with Gasteiger partial charge in [-0.25, -0.2) is 4.79 Å². The number of carbonyl (C=O) groups excluding carboxylic acids is 4. The van der Waals surface area contributed by atoms with Crippen LogP contribution in [0.2, 0.25) is 0 Å². The molecule has 0 bridgehead atoms. The van der Waals surface area contributed by atoms with Crippen LogP contribution in [-0.4, -0.2) is 63.9 Å². The van der Waals surface area contributed by atoms with Crippen LogP contribution in [0.4, 0.5) is 0 Å². The maximum absolute atomic E-state index is 13.4. The molecule has 2 rings (SSSR count). The van der Waals surface area contributed by atoms with Gasteiger partial charge in [0.1, 0.15) is 5.60 Å². The smallest absolute Gasteiger partial charge is 0.334 e. The average molecular weight is 469 g/mol. The molecule has 2 fully saturated rings. The molecule has 33 heavy (non-hydrogen) atoms. The summed E-state index contributed by atoms with van der Waals surface area (Å²) in [6.07, 6.45) is -5.11. The van der Waals surface area contributed by atoms with Crippen molar-refractivity contribution < 1.29 is 43.6 Å². The van der Waals surface area contributed by atoms with Gasteiger partial charge >= 0.3 is 17.9 Å². The quantitative estimate of drug-likeness (QED) is 0.351. The molecule has 1 saturated heterocycles. The van der Waals surface area contributed by atoms with E-state index in [0.29, 0.717) is 6.42 Å². The van der Waals surface area contributed by atoms with Gasteiger partial charge in [0.15, 0.2) is 24.1 Å². The zero-order chi connectivity index (χ0) is 25.2. The molecule has 1 aliphatic carbocycles. The van der Waals surface area contributed by atoms with Gasteiger partial charge in [-0.1, -0.05) is 41.2 Å². The Balaban J connectivity index is 2.62. The highest BCUT2D eigenvalue weighted by Gasteiger charge is 2.57. The molecule has 0 amide bonds. The normalized spacial score (nSPS) is 36.1. The summed E-state index contributed by atoms with van der Waals surface area (Å²) in [5, 5.41) is 21.8. The van der Waals surface area contributed by atoms with Crippen molar-refractivity contribution in [2.45, 2.75) is 90.8 Å². The monoisotopic (exact) mass is 468 g/mol. The molecule has 186 valence electrons. The topological polar surface area (TPSA) is 136 Å². The number of fused-ring (bicyclic) bond motifs is 1. The molecule has 0 unspecified atom stereocenters. The Morgan fingerprint density at radius 2 is 1.82 bits per heavy atom. The van der Waals surface area contributed by atoms with Crippen molar-refractivity contribution in [2.75, 3.05) is 0 Å². The minimum Gasteiger partial charge on any atom is -0.455 e. The second-order valence-corrected chi connectivity index (χ2v) is 9.85. The zero-order valence-corrected chi connectivity index (χ0v) is 20.2. The summed E-state index contributed by atoms with van der Waals surface area (Å²) in [7, 11) is 0. The minimum atomic E-state index is -1.82. The molecule has 0 spiro atoms. The Morgan fingerprint density at radius 3 is 2.36 bits per heavy atom. The first-order chi connectivity index (χ1) is 15.2. The third kappa shape index (κ3) is 5.81. The minimum absolute atomic E-state index is 0.0180. The van der Waals surface area contributed by atoms with Gasteiger partial charge in [-0.3, -0.25) is 14.4 Å². The highest BCUT2D eigenvalue weighted by Crippen LogP contribution is 2.41. The van der Waals surface area contributed by atoms with Crippen molar-refractivity contribution >= 4 is 23.7 Å². The summed E-state index contributed by atoms with van der Waals surface area (Å²) in [5.74, 6) is -5.60. The summed E-state index contributed by atoms with van der Waals surface area (Å²) >= 11 is 0. The molecule has 1 saturated carbocycles. The maximum Gasteiger partial charge on any atom is 0.334 e.